The van der Waals surface area contributed by atoms with Crippen LogP contribution in [0.15, 0.2) is 12.1 Å². The Hall–Kier alpha value is -1.35. The number of carbonyl (C=O) groups is 1. The van der Waals surface area contributed by atoms with E-state index in [1.165, 1.54) is 0 Å². The highest BCUT2D eigenvalue weighted by molar-refractivity contribution is 6.35. The molecule has 0 heterocycles. The molecule has 2 N–H and O–H groups in total. The van der Waals surface area contributed by atoms with Crippen LogP contribution in [0.5, 0.6) is 11.5 Å². The Morgan fingerprint density at radius 1 is 1.08 bits per heavy atom. The molecule has 0 spiro atoms. The summed E-state index contributed by atoms with van der Waals surface area (Å²) in [6.07, 6.45) is -0.504. The number of hydrogen-bond donors (Lipinski definition) is 2. The highest BCUT2D eigenvalue weighted by Gasteiger charge is 2.15. The number of hydrogen-bond acceptors (Lipinski definition) is 6. The first-order chi connectivity index (χ1) is 12.2. The Morgan fingerprint density at radius 2 is 1.62 bits per heavy atom. The summed E-state index contributed by atoms with van der Waals surface area (Å²) in [5, 5.41) is 6.36. The number of halogens is 2. The summed E-state index contributed by atoms with van der Waals surface area (Å²) < 4.78 is 21.1. The molecule has 1 rings (SSSR count). The summed E-state index contributed by atoms with van der Waals surface area (Å²) in [5.41, 5.74) is -0.545. The molecule has 0 aliphatic heterocycles. The van der Waals surface area contributed by atoms with Gasteiger partial charge in [0.05, 0.1) is 23.2 Å². The van der Waals surface area contributed by atoms with Crippen molar-refractivity contribution in [3.63, 3.8) is 0 Å². The Kier molecular flexibility index (Phi) is 9.94. The summed E-state index contributed by atoms with van der Waals surface area (Å²) in [4.78, 5) is 11.5. The summed E-state index contributed by atoms with van der Waals surface area (Å²) in [5.74, 6) is 0.877. The van der Waals surface area contributed by atoms with E-state index in [1.807, 2.05) is 0 Å². The topological polar surface area (TPSA) is 78.0 Å². The van der Waals surface area contributed by atoms with Gasteiger partial charge in [-0.15, -0.1) is 0 Å². The largest absolute Gasteiger partial charge is 0.491 e. The fraction of sp³-hybridized carbons (Fsp3) is 0.562. The molecular formula is C16H25BCl2N2O5. The first kappa shape index (κ1) is 22.7. The lowest BCUT2D eigenvalue weighted by molar-refractivity contribution is 0.0520. The molecule has 0 radical (unpaired) electrons. The van der Waals surface area contributed by atoms with Crippen LogP contribution in [0.3, 0.4) is 0 Å². The third-order valence-electron chi connectivity index (χ3n) is 2.80. The molecule has 0 aromatic heterocycles. The fourth-order valence-electron chi connectivity index (χ4n) is 1.77. The average molecular weight is 407 g/mol. The fourth-order valence-corrected chi connectivity index (χ4v) is 2.18. The number of benzene rings is 1. The quantitative estimate of drug-likeness (QED) is 0.459. The van der Waals surface area contributed by atoms with Crippen molar-refractivity contribution in [1.29, 1.82) is 0 Å². The molecule has 0 unspecified atom stereocenters. The van der Waals surface area contributed by atoms with E-state index in [9.17, 15) is 4.79 Å². The van der Waals surface area contributed by atoms with Gasteiger partial charge in [0, 0.05) is 25.8 Å². The van der Waals surface area contributed by atoms with Crippen LogP contribution in [0.25, 0.3) is 0 Å². The minimum absolute atomic E-state index is 0.219. The second-order valence-electron chi connectivity index (χ2n) is 6.27. The van der Waals surface area contributed by atoms with Gasteiger partial charge in [-0.2, -0.15) is 0 Å². The van der Waals surface area contributed by atoms with Gasteiger partial charge in [-0.3, -0.25) is 0 Å². The van der Waals surface area contributed by atoms with E-state index in [0.717, 1.165) is 0 Å². The zero-order valence-corrected chi connectivity index (χ0v) is 17.0. The lowest BCUT2D eigenvalue weighted by Crippen LogP contribution is -2.34. The van der Waals surface area contributed by atoms with Crippen molar-refractivity contribution in [2.45, 2.75) is 26.4 Å². The van der Waals surface area contributed by atoms with E-state index in [4.69, 9.17) is 42.1 Å². The average Bonchev–Trinajstić information content (AvgIpc) is 2.53. The van der Waals surface area contributed by atoms with Crippen LogP contribution in [0, 0.1) is 0 Å². The predicted octanol–water partition coefficient (Wildman–Crippen LogP) is 2.78. The van der Waals surface area contributed by atoms with E-state index < -0.39 is 11.7 Å². The minimum atomic E-state index is -0.545. The summed E-state index contributed by atoms with van der Waals surface area (Å²) in [6.45, 7) is 6.89. The summed E-state index contributed by atoms with van der Waals surface area (Å²) >= 11 is 12.4. The van der Waals surface area contributed by atoms with Gasteiger partial charge in [0.15, 0.2) is 0 Å². The molecule has 0 saturated carbocycles. The molecule has 1 aromatic rings. The SMILES string of the molecule is COBNCCOc1cc(Cl)c(OCCNC(=O)OC(C)(C)C)cc1Cl. The molecule has 1 aromatic carbocycles. The van der Waals surface area contributed by atoms with E-state index in [-0.39, 0.29) is 13.2 Å². The van der Waals surface area contributed by atoms with Crippen molar-refractivity contribution < 1.29 is 23.7 Å². The molecule has 0 bridgehead atoms. The van der Waals surface area contributed by atoms with Gasteiger partial charge in [-0.05, 0) is 20.8 Å². The molecule has 0 fully saturated rings. The first-order valence-corrected chi connectivity index (χ1v) is 8.89. The predicted molar refractivity (Wildman–Crippen MR) is 104 cm³/mol. The van der Waals surface area contributed by atoms with Crippen molar-refractivity contribution in [2.75, 3.05) is 33.4 Å². The number of rotatable bonds is 10. The van der Waals surface area contributed by atoms with Gasteiger partial charge in [-0.25, -0.2) is 4.79 Å². The third-order valence-corrected chi connectivity index (χ3v) is 3.39. The van der Waals surface area contributed by atoms with Crippen LogP contribution >= 0.6 is 23.2 Å². The monoisotopic (exact) mass is 406 g/mol. The van der Waals surface area contributed by atoms with Gasteiger partial charge in [-0.1, -0.05) is 23.2 Å². The number of ether oxygens (including phenoxy) is 3. The van der Waals surface area contributed by atoms with Gasteiger partial charge in [0.1, 0.15) is 23.7 Å². The molecule has 1 amide bonds. The molecule has 7 nitrogen and oxygen atoms in total. The van der Waals surface area contributed by atoms with Crippen molar-refractivity contribution in [3.8, 4) is 11.5 Å². The molecule has 10 heteroatoms. The first-order valence-electron chi connectivity index (χ1n) is 8.14. The maximum atomic E-state index is 11.5. The van der Waals surface area contributed by atoms with Crippen LogP contribution in [-0.4, -0.2) is 52.7 Å². The van der Waals surface area contributed by atoms with Crippen LogP contribution in [0.2, 0.25) is 10.0 Å². The van der Waals surface area contributed by atoms with Crippen LogP contribution in [0.1, 0.15) is 20.8 Å². The Labute approximate surface area is 164 Å². The van der Waals surface area contributed by atoms with Gasteiger partial charge < -0.3 is 29.4 Å². The number of amides is 1. The molecule has 0 saturated heterocycles. The third kappa shape index (κ3) is 9.38. The van der Waals surface area contributed by atoms with Gasteiger partial charge >= 0.3 is 13.7 Å². The summed E-state index contributed by atoms with van der Waals surface area (Å²) in [6, 6.07) is 3.17. The minimum Gasteiger partial charge on any atom is -0.491 e. The zero-order valence-electron chi connectivity index (χ0n) is 15.5. The van der Waals surface area contributed by atoms with Crippen LogP contribution in [0.4, 0.5) is 4.79 Å². The highest BCUT2D eigenvalue weighted by Crippen LogP contribution is 2.35. The van der Waals surface area contributed by atoms with Crippen LogP contribution in [-0.2, 0) is 9.39 Å². The summed E-state index contributed by atoms with van der Waals surface area (Å²) in [7, 11) is 2.05. The Balaban J connectivity index is 2.41. The van der Waals surface area contributed by atoms with E-state index in [1.54, 1.807) is 40.0 Å². The van der Waals surface area contributed by atoms with Gasteiger partial charge in [0.25, 0.3) is 0 Å². The maximum Gasteiger partial charge on any atom is 0.407 e. The normalized spacial score (nSPS) is 11.0. The van der Waals surface area contributed by atoms with E-state index >= 15 is 0 Å². The second kappa shape index (κ2) is 11.4. The van der Waals surface area contributed by atoms with Crippen molar-refractivity contribution in [1.82, 2.24) is 10.5 Å². The van der Waals surface area contributed by atoms with Gasteiger partial charge in [0.2, 0.25) is 0 Å². The smallest absolute Gasteiger partial charge is 0.407 e. The molecule has 0 aliphatic rings. The molecule has 0 atom stereocenters. The maximum absolute atomic E-state index is 11.5. The van der Waals surface area contributed by atoms with Crippen molar-refractivity contribution in [2.24, 2.45) is 0 Å². The molecular weight excluding hydrogens is 382 g/mol. The van der Waals surface area contributed by atoms with E-state index in [2.05, 4.69) is 10.5 Å². The van der Waals surface area contributed by atoms with Crippen LogP contribution < -0.4 is 20.0 Å². The lowest BCUT2D eigenvalue weighted by atomic mass is 10.2. The zero-order chi connectivity index (χ0) is 19.6. The number of nitrogens with one attached hydrogen (secondary N) is 2. The Morgan fingerprint density at radius 3 is 2.12 bits per heavy atom. The highest BCUT2D eigenvalue weighted by atomic mass is 35.5. The van der Waals surface area contributed by atoms with E-state index in [0.29, 0.717) is 42.3 Å². The Bertz CT molecular complexity index is 584. The molecule has 0 aliphatic carbocycles. The second-order valence-corrected chi connectivity index (χ2v) is 7.09. The standard InChI is InChI=1S/C16H25BCl2N2O5/c1-16(2,3)26-15(22)20-5-7-24-13-9-12(19)14(10-11(13)18)25-8-6-21-17-23-4/h9-10,17,21H,5-8H2,1-4H3,(H,20,22). The molecule has 146 valence electrons. The van der Waals surface area contributed by atoms with Crippen molar-refractivity contribution >= 4 is 36.9 Å². The lowest BCUT2D eigenvalue weighted by Gasteiger charge is -2.19. The number of carbonyl (C=O) groups excluding carboxylic acids is 1. The van der Waals surface area contributed by atoms with Crippen molar-refractivity contribution in [3.05, 3.63) is 22.2 Å². The molecule has 26 heavy (non-hydrogen) atoms. The number of alkyl carbamates (subject to hydrolysis) is 1.